The zero-order valence-corrected chi connectivity index (χ0v) is 23.9. The van der Waals surface area contributed by atoms with Crippen LogP contribution in [0.25, 0.3) is 0 Å². The summed E-state index contributed by atoms with van der Waals surface area (Å²) in [5, 5.41) is 23.6. The van der Waals surface area contributed by atoms with Gasteiger partial charge in [-0.1, -0.05) is 25.7 Å². The van der Waals surface area contributed by atoms with Crippen LogP contribution in [0.5, 0.6) is 11.5 Å². The molecule has 0 spiro atoms. The van der Waals surface area contributed by atoms with E-state index < -0.39 is 18.2 Å². The Bertz CT molecular complexity index is 1050. The van der Waals surface area contributed by atoms with Gasteiger partial charge >= 0.3 is 0 Å². The molecule has 3 unspecified atom stereocenters. The first kappa shape index (κ1) is 28.8. The van der Waals surface area contributed by atoms with Crippen LogP contribution in [0.1, 0.15) is 68.1 Å². The lowest BCUT2D eigenvalue weighted by Crippen LogP contribution is -2.58. The second-order valence-electron chi connectivity index (χ2n) is 10.3. The second kappa shape index (κ2) is 13.3. The molecule has 208 valence electrons. The van der Waals surface area contributed by atoms with Crippen LogP contribution < -0.4 is 14.8 Å². The first-order chi connectivity index (χ1) is 18.4. The molecule has 9 nitrogen and oxygen atoms in total. The number of aldehydes is 1. The van der Waals surface area contributed by atoms with E-state index in [1.54, 1.807) is 18.2 Å². The lowest BCUT2D eigenvalue weighted by atomic mass is 9.86. The Morgan fingerprint density at radius 2 is 1.84 bits per heavy atom. The molecule has 2 amide bonds. The molecule has 3 atom stereocenters. The summed E-state index contributed by atoms with van der Waals surface area (Å²) >= 11 is 2.05. The highest BCUT2D eigenvalue weighted by atomic mass is 127. The van der Waals surface area contributed by atoms with E-state index in [1.807, 2.05) is 27.5 Å². The number of aliphatic hydroxyl groups is 2. The highest BCUT2D eigenvalue weighted by Gasteiger charge is 2.45. The predicted molar refractivity (Wildman–Crippen MR) is 149 cm³/mol. The van der Waals surface area contributed by atoms with Crippen LogP contribution >= 0.6 is 22.6 Å². The number of amides is 2. The van der Waals surface area contributed by atoms with Gasteiger partial charge in [-0.15, -0.1) is 0 Å². The van der Waals surface area contributed by atoms with Crippen molar-refractivity contribution in [2.45, 2.75) is 82.1 Å². The number of carbonyl (C=O) groups excluding carboxylic acids is 3. The van der Waals surface area contributed by atoms with E-state index in [2.05, 4.69) is 5.32 Å². The van der Waals surface area contributed by atoms with Gasteiger partial charge in [0.05, 0.1) is 23.3 Å². The average Bonchev–Trinajstić information content (AvgIpc) is 3.65. The van der Waals surface area contributed by atoms with Crippen LogP contribution in [0.3, 0.4) is 0 Å². The SMILES string of the molecule is COc1cc(C=O)cc(I)c1OC1C=C(C(=O)NCCO)CC(N(C(=O)C2CCCC2)C2CCCC2)C1O. The number of nitrogens with one attached hydrogen (secondary N) is 1. The van der Waals surface area contributed by atoms with Gasteiger partial charge in [0.15, 0.2) is 11.5 Å². The fourth-order valence-corrected chi connectivity index (χ4v) is 6.74. The fraction of sp³-hybridized carbons (Fsp3) is 0.607. The third-order valence-electron chi connectivity index (χ3n) is 7.89. The lowest BCUT2D eigenvalue weighted by molar-refractivity contribution is -0.146. The van der Waals surface area contributed by atoms with Crippen LogP contribution in [0.15, 0.2) is 23.8 Å². The molecule has 1 aromatic carbocycles. The van der Waals surface area contributed by atoms with Crippen molar-refractivity contribution in [3.63, 3.8) is 0 Å². The van der Waals surface area contributed by atoms with Gasteiger partial charge in [-0.2, -0.15) is 0 Å². The largest absolute Gasteiger partial charge is 0.493 e. The molecule has 4 rings (SSSR count). The molecular formula is C28H37IN2O7. The number of methoxy groups -OCH3 is 1. The van der Waals surface area contributed by atoms with Crippen molar-refractivity contribution in [1.82, 2.24) is 10.2 Å². The average molecular weight is 641 g/mol. The summed E-state index contributed by atoms with van der Waals surface area (Å²) in [7, 11) is 1.47. The summed E-state index contributed by atoms with van der Waals surface area (Å²) in [5.41, 5.74) is 0.828. The number of carbonyl (C=O) groups is 3. The molecule has 38 heavy (non-hydrogen) atoms. The van der Waals surface area contributed by atoms with Crippen LogP contribution in [-0.2, 0) is 9.59 Å². The molecule has 3 N–H and O–H groups in total. The topological polar surface area (TPSA) is 125 Å². The maximum atomic E-state index is 13.9. The number of halogens is 1. The molecule has 0 aromatic heterocycles. The smallest absolute Gasteiger partial charge is 0.247 e. The Morgan fingerprint density at radius 3 is 2.47 bits per heavy atom. The zero-order valence-electron chi connectivity index (χ0n) is 21.7. The summed E-state index contributed by atoms with van der Waals surface area (Å²) in [6.45, 7) is -0.0982. The number of hydrogen-bond donors (Lipinski definition) is 3. The highest BCUT2D eigenvalue weighted by molar-refractivity contribution is 14.1. The van der Waals surface area contributed by atoms with Crippen LogP contribution in [0, 0.1) is 9.49 Å². The molecule has 0 heterocycles. The molecule has 3 aliphatic rings. The van der Waals surface area contributed by atoms with Crippen LogP contribution in [-0.4, -0.2) is 77.8 Å². The minimum absolute atomic E-state index is 0.0183. The molecule has 1 aromatic rings. The minimum Gasteiger partial charge on any atom is -0.493 e. The van der Waals surface area contributed by atoms with Crippen molar-refractivity contribution in [3.05, 3.63) is 32.9 Å². The Morgan fingerprint density at radius 1 is 1.16 bits per heavy atom. The van der Waals surface area contributed by atoms with Crippen LogP contribution in [0.2, 0.25) is 0 Å². The van der Waals surface area contributed by atoms with Gasteiger partial charge in [-0.25, -0.2) is 0 Å². The highest BCUT2D eigenvalue weighted by Crippen LogP contribution is 2.39. The zero-order chi connectivity index (χ0) is 27.2. The lowest BCUT2D eigenvalue weighted by Gasteiger charge is -2.44. The molecular weight excluding hydrogens is 603 g/mol. The number of rotatable bonds is 10. The quantitative estimate of drug-likeness (QED) is 0.265. The molecule has 2 saturated carbocycles. The maximum Gasteiger partial charge on any atom is 0.247 e. The van der Waals surface area contributed by atoms with Crippen molar-refractivity contribution in [2.75, 3.05) is 20.3 Å². The van der Waals surface area contributed by atoms with E-state index in [-0.39, 0.29) is 43.3 Å². The molecule has 2 fully saturated rings. The van der Waals surface area contributed by atoms with E-state index >= 15 is 0 Å². The summed E-state index contributed by atoms with van der Waals surface area (Å²) in [6.07, 6.45) is 8.06. The Kier molecular flexibility index (Phi) is 10.1. The monoisotopic (exact) mass is 640 g/mol. The number of nitrogens with zero attached hydrogens (tertiary/aromatic N) is 1. The van der Waals surface area contributed by atoms with Crippen LogP contribution in [0.4, 0.5) is 0 Å². The number of ether oxygens (including phenoxy) is 2. The van der Waals surface area contributed by atoms with Crippen molar-refractivity contribution >= 4 is 40.7 Å². The molecule has 0 aliphatic heterocycles. The fourth-order valence-electron chi connectivity index (χ4n) is 5.99. The first-order valence-electron chi connectivity index (χ1n) is 13.5. The van der Waals surface area contributed by atoms with Crippen molar-refractivity contribution < 1.29 is 34.1 Å². The van der Waals surface area contributed by atoms with Gasteiger partial charge < -0.3 is 29.9 Å². The van der Waals surface area contributed by atoms with E-state index in [1.165, 1.54) is 7.11 Å². The summed E-state index contributed by atoms with van der Waals surface area (Å²) in [5.74, 6) is 0.336. The second-order valence-corrected chi connectivity index (χ2v) is 11.5. The van der Waals surface area contributed by atoms with E-state index in [0.717, 1.165) is 57.7 Å². The molecule has 0 bridgehead atoms. The molecule has 3 aliphatic carbocycles. The van der Waals surface area contributed by atoms with E-state index in [9.17, 15) is 24.6 Å². The Hall–Kier alpha value is -2.18. The standard InChI is InChI=1S/C28H37IN2O7/c1-37-24-13-17(16-33)12-21(29)26(24)38-23-15-19(27(35)30-10-11-32)14-22(25(23)34)31(20-8-4-5-9-20)28(36)18-6-2-3-7-18/h12-13,15-16,18,20,22-23,25,32,34H,2-11,14H2,1H3,(H,30,35). The third-order valence-corrected chi connectivity index (χ3v) is 8.69. The molecule has 10 heteroatoms. The van der Waals surface area contributed by atoms with E-state index in [0.29, 0.717) is 26.2 Å². The Labute approximate surface area is 237 Å². The van der Waals surface area contributed by atoms with Crippen molar-refractivity contribution in [3.8, 4) is 11.5 Å². The van der Waals surface area contributed by atoms with Crippen molar-refractivity contribution in [1.29, 1.82) is 0 Å². The summed E-state index contributed by atoms with van der Waals surface area (Å²) < 4.78 is 12.4. The van der Waals surface area contributed by atoms with Gasteiger partial charge in [-0.3, -0.25) is 14.4 Å². The van der Waals surface area contributed by atoms with E-state index in [4.69, 9.17) is 9.47 Å². The predicted octanol–water partition coefficient (Wildman–Crippen LogP) is 2.99. The van der Waals surface area contributed by atoms with Gasteiger partial charge in [0.1, 0.15) is 18.5 Å². The summed E-state index contributed by atoms with van der Waals surface area (Å²) in [4.78, 5) is 40.2. The third kappa shape index (κ3) is 6.34. The number of aliphatic hydroxyl groups excluding tert-OH is 2. The molecule has 0 saturated heterocycles. The Balaban J connectivity index is 1.71. The maximum absolute atomic E-state index is 13.9. The first-order valence-corrected chi connectivity index (χ1v) is 14.5. The van der Waals surface area contributed by atoms with Gasteiger partial charge in [0.2, 0.25) is 11.8 Å². The van der Waals surface area contributed by atoms with Gasteiger partial charge in [0.25, 0.3) is 0 Å². The number of benzene rings is 1. The van der Waals surface area contributed by atoms with Crippen molar-refractivity contribution in [2.24, 2.45) is 5.92 Å². The van der Waals surface area contributed by atoms with Gasteiger partial charge in [-0.05, 0) is 66.5 Å². The minimum atomic E-state index is -1.08. The number of hydrogen-bond acceptors (Lipinski definition) is 7. The summed E-state index contributed by atoms with van der Waals surface area (Å²) in [6, 6.07) is 2.61. The normalized spacial score (nSPS) is 24.1. The van der Waals surface area contributed by atoms with Gasteiger partial charge in [0, 0.05) is 36.1 Å². The molecule has 0 radical (unpaired) electrons.